The maximum Gasteiger partial charge on any atom is 0.372 e. The van der Waals surface area contributed by atoms with Gasteiger partial charge in [0.25, 0.3) is 0 Å². The summed E-state index contributed by atoms with van der Waals surface area (Å²) in [4.78, 5) is 15.2. The van der Waals surface area contributed by atoms with Gasteiger partial charge in [0, 0.05) is 0 Å². The number of hydrogen-bond acceptors (Lipinski definition) is 3. The number of imidazole rings is 1. The second-order valence-electron chi connectivity index (χ2n) is 3.79. The zero-order valence-electron chi connectivity index (χ0n) is 8.46. The Labute approximate surface area is 91.3 Å². The van der Waals surface area contributed by atoms with Crippen molar-refractivity contribution < 1.29 is 14.6 Å². The van der Waals surface area contributed by atoms with Crippen molar-refractivity contribution >= 4 is 17.0 Å². The smallest absolute Gasteiger partial charge is 0.372 e. The van der Waals surface area contributed by atoms with Gasteiger partial charge in [0.2, 0.25) is 5.82 Å². The zero-order chi connectivity index (χ0) is 11.1. The second-order valence-corrected chi connectivity index (χ2v) is 3.79. The quantitative estimate of drug-likeness (QED) is 0.825. The van der Waals surface area contributed by atoms with Crippen LogP contribution < -0.4 is 0 Å². The van der Waals surface area contributed by atoms with Gasteiger partial charge in [-0.15, -0.1) is 0 Å². The largest absolute Gasteiger partial charge is 0.475 e. The van der Waals surface area contributed by atoms with Crippen molar-refractivity contribution in [1.29, 1.82) is 0 Å². The van der Waals surface area contributed by atoms with Gasteiger partial charge < -0.3 is 14.4 Å². The molecule has 0 unspecified atom stereocenters. The number of carbonyl (C=O) groups is 1. The summed E-state index contributed by atoms with van der Waals surface area (Å²) in [6, 6.07) is 7.53. The minimum absolute atomic E-state index is 0.0921. The summed E-state index contributed by atoms with van der Waals surface area (Å²) >= 11 is 0. The Morgan fingerprint density at radius 1 is 1.44 bits per heavy atom. The van der Waals surface area contributed by atoms with E-state index in [-0.39, 0.29) is 11.9 Å². The van der Waals surface area contributed by atoms with E-state index in [1.165, 1.54) is 0 Å². The lowest BCUT2D eigenvalue weighted by Crippen LogP contribution is -2.32. The Bertz CT molecular complexity index is 557. The monoisotopic (exact) mass is 218 g/mol. The number of ether oxygens (including phenoxy) is 1. The van der Waals surface area contributed by atoms with E-state index < -0.39 is 5.97 Å². The van der Waals surface area contributed by atoms with Gasteiger partial charge in [-0.2, -0.15) is 0 Å². The summed E-state index contributed by atoms with van der Waals surface area (Å²) < 4.78 is 6.85. The van der Waals surface area contributed by atoms with Crippen LogP contribution in [-0.2, 0) is 4.74 Å². The van der Waals surface area contributed by atoms with Crippen molar-refractivity contribution in [3.63, 3.8) is 0 Å². The predicted molar refractivity (Wildman–Crippen MR) is 56.5 cm³/mol. The molecule has 5 heteroatoms. The molecular formula is C11H10N2O3. The molecule has 2 aromatic rings. The Morgan fingerprint density at radius 2 is 2.19 bits per heavy atom. The zero-order valence-corrected chi connectivity index (χ0v) is 8.46. The molecule has 82 valence electrons. The number of fused-ring (bicyclic) bond motifs is 1. The minimum Gasteiger partial charge on any atom is -0.475 e. The Kier molecular flexibility index (Phi) is 1.94. The Balaban J connectivity index is 2.26. The van der Waals surface area contributed by atoms with Gasteiger partial charge in [-0.1, -0.05) is 12.1 Å². The second kappa shape index (κ2) is 3.31. The van der Waals surface area contributed by atoms with Crippen molar-refractivity contribution in [2.24, 2.45) is 0 Å². The van der Waals surface area contributed by atoms with Crippen molar-refractivity contribution in [2.45, 2.75) is 6.04 Å². The molecule has 1 N–H and O–H groups in total. The van der Waals surface area contributed by atoms with Gasteiger partial charge in [-0.05, 0) is 12.1 Å². The number of rotatable bonds is 2. The molecule has 16 heavy (non-hydrogen) atoms. The third kappa shape index (κ3) is 1.22. The summed E-state index contributed by atoms with van der Waals surface area (Å²) in [5.74, 6) is -0.905. The standard InChI is InChI=1S/C11H10N2O3/c14-11(15)10-12-8-3-1-2-4-9(8)13(10)7-5-16-6-7/h1-4,7H,5-6H2,(H,14,15). The van der Waals surface area contributed by atoms with Crippen LogP contribution in [0.2, 0.25) is 0 Å². The average Bonchev–Trinajstić information content (AvgIpc) is 2.56. The number of aromatic nitrogens is 2. The molecule has 0 radical (unpaired) electrons. The molecule has 0 bridgehead atoms. The number of para-hydroxylation sites is 2. The molecule has 1 aliphatic rings. The summed E-state index contributed by atoms with van der Waals surface area (Å²) in [5.41, 5.74) is 1.57. The summed E-state index contributed by atoms with van der Waals surface area (Å²) in [6.07, 6.45) is 0. The molecule has 1 aromatic carbocycles. The predicted octanol–water partition coefficient (Wildman–Crippen LogP) is 1.31. The fourth-order valence-corrected chi connectivity index (χ4v) is 1.94. The molecule has 1 aliphatic heterocycles. The van der Waals surface area contributed by atoms with Crippen LogP contribution in [0.5, 0.6) is 0 Å². The first kappa shape index (κ1) is 9.35. The van der Waals surface area contributed by atoms with Crippen molar-refractivity contribution in [2.75, 3.05) is 13.2 Å². The molecule has 0 saturated carbocycles. The maximum atomic E-state index is 11.1. The third-order valence-corrected chi connectivity index (χ3v) is 2.77. The SMILES string of the molecule is O=C(O)c1nc2ccccc2n1C1COC1. The highest BCUT2D eigenvalue weighted by Crippen LogP contribution is 2.25. The van der Waals surface area contributed by atoms with E-state index in [1.807, 2.05) is 24.3 Å². The van der Waals surface area contributed by atoms with Crippen LogP contribution in [0, 0.1) is 0 Å². The van der Waals surface area contributed by atoms with Crippen LogP contribution in [0.4, 0.5) is 0 Å². The fraction of sp³-hybridized carbons (Fsp3) is 0.273. The van der Waals surface area contributed by atoms with E-state index in [2.05, 4.69) is 4.98 Å². The first-order valence-electron chi connectivity index (χ1n) is 5.05. The van der Waals surface area contributed by atoms with Crippen LogP contribution >= 0.6 is 0 Å². The molecule has 0 spiro atoms. The molecule has 0 amide bonds. The topological polar surface area (TPSA) is 64.3 Å². The Morgan fingerprint density at radius 3 is 2.81 bits per heavy atom. The van der Waals surface area contributed by atoms with Crippen LogP contribution in [0.1, 0.15) is 16.7 Å². The lowest BCUT2D eigenvalue weighted by molar-refractivity contribution is -0.0229. The van der Waals surface area contributed by atoms with Crippen LogP contribution in [-0.4, -0.2) is 33.8 Å². The lowest BCUT2D eigenvalue weighted by Gasteiger charge is -2.28. The molecule has 2 heterocycles. The number of hydrogen-bond donors (Lipinski definition) is 1. The molecule has 1 aromatic heterocycles. The third-order valence-electron chi connectivity index (χ3n) is 2.77. The van der Waals surface area contributed by atoms with E-state index in [0.29, 0.717) is 18.7 Å². The fourth-order valence-electron chi connectivity index (χ4n) is 1.94. The first-order valence-corrected chi connectivity index (χ1v) is 5.05. The maximum absolute atomic E-state index is 11.1. The van der Waals surface area contributed by atoms with E-state index in [4.69, 9.17) is 9.84 Å². The highest BCUT2D eigenvalue weighted by atomic mass is 16.5. The van der Waals surface area contributed by atoms with Gasteiger partial charge in [0.15, 0.2) is 0 Å². The van der Waals surface area contributed by atoms with Gasteiger partial charge in [0.05, 0.1) is 30.3 Å². The number of nitrogens with zero attached hydrogens (tertiary/aromatic N) is 2. The molecule has 0 atom stereocenters. The highest BCUT2D eigenvalue weighted by molar-refractivity contribution is 5.90. The molecule has 1 saturated heterocycles. The molecular weight excluding hydrogens is 208 g/mol. The number of carboxylic acid groups (broad SMARTS) is 1. The van der Waals surface area contributed by atoms with Gasteiger partial charge in [-0.3, -0.25) is 0 Å². The number of aromatic carboxylic acids is 1. The molecule has 0 aliphatic carbocycles. The Hall–Kier alpha value is -1.88. The van der Waals surface area contributed by atoms with Gasteiger partial charge >= 0.3 is 5.97 Å². The van der Waals surface area contributed by atoms with Crippen molar-refractivity contribution in [3.8, 4) is 0 Å². The van der Waals surface area contributed by atoms with Crippen molar-refractivity contribution in [1.82, 2.24) is 9.55 Å². The average molecular weight is 218 g/mol. The van der Waals surface area contributed by atoms with E-state index in [0.717, 1.165) is 5.52 Å². The van der Waals surface area contributed by atoms with E-state index in [9.17, 15) is 4.79 Å². The molecule has 1 fully saturated rings. The number of benzene rings is 1. The number of carboxylic acids is 1. The van der Waals surface area contributed by atoms with Gasteiger partial charge in [-0.25, -0.2) is 9.78 Å². The summed E-state index contributed by atoms with van der Waals surface area (Å²) in [7, 11) is 0. The van der Waals surface area contributed by atoms with Gasteiger partial charge in [0.1, 0.15) is 0 Å². The highest BCUT2D eigenvalue weighted by Gasteiger charge is 2.27. The summed E-state index contributed by atoms with van der Waals surface area (Å²) in [5, 5.41) is 9.11. The summed E-state index contributed by atoms with van der Waals surface area (Å²) in [6.45, 7) is 1.11. The van der Waals surface area contributed by atoms with E-state index >= 15 is 0 Å². The minimum atomic E-state index is -0.997. The lowest BCUT2D eigenvalue weighted by atomic mass is 10.2. The van der Waals surface area contributed by atoms with Crippen LogP contribution in [0.25, 0.3) is 11.0 Å². The van der Waals surface area contributed by atoms with E-state index in [1.54, 1.807) is 4.57 Å². The van der Waals surface area contributed by atoms with Crippen LogP contribution in [0.15, 0.2) is 24.3 Å². The van der Waals surface area contributed by atoms with Crippen LogP contribution in [0.3, 0.4) is 0 Å². The first-order chi connectivity index (χ1) is 7.77. The van der Waals surface area contributed by atoms with Crippen molar-refractivity contribution in [3.05, 3.63) is 30.1 Å². The molecule has 3 rings (SSSR count). The molecule has 5 nitrogen and oxygen atoms in total. The normalized spacial score (nSPS) is 16.2.